The predicted octanol–water partition coefficient (Wildman–Crippen LogP) is 5.60. The topological polar surface area (TPSA) is 90.0 Å². The lowest BCUT2D eigenvalue weighted by atomic mass is 9.97. The summed E-state index contributed by atoms with van der Waals surface area (Å²) in [5.74, 6) is -2.18. The van der Waals surface area contributed by atoms with Crippen molar-refractivity contribution in [1.29, 1.82) is 0 Å². The van der Waals surface area contributed by atoms with E-state index in [4.69, 9.17) is 13.9 Å². The molecule has 11 heteroatoms. The molecule has 1 fully saturated rings. The van der Waals surface area contributed by atoms with E-state index in [0.717, 1.165) is 16.6 Å². The van der Waals surface area contributed by atoms with E-state index in [1.54, 1.807) is 34.6 Å². The fourth-order valence-corrected chi connectivity index (χ4v) is 10.6. The Hall–Kier alpha value is -3.67. The monoisotopic (exact) mass is 667 g/mol. The molecule has 1 aliphatic heterocycles. The second kappa shape index (κ2) is 13.8. The maximum atomic E-state index is 15.0. The average molecular weight is 668 g/mol. The summed E-state index contributed by atoms with van der Waals surface area (Å²) >= 11 is 0. The number of hydrogen-bond acceptors (Lipinski definition) is 6. The van der Waals surface area contributed by atoms with Crippen molar-refractivity contribution < 1.29 is 32.3 Å². The first kappa shape index (κ1) is 36.2. The van der Waals surface area contributed by atoms with Gasteiger partial charge in [-0.25, -0.2) is 13.6 Å². The van der Waals surface area contributed by atoms with Gasteiger partial charge >= 0.3 is 6.09 Å². The van der Waals surface area contributed by atoms with Crippen LogP contribution >= 0.6 is 0 Å². The van der Waals surface area contributed by atoms with Crippen LogP contribution in [0.4, 0.5) is 13.6 Å². The fourth-order valence-electron chi connectivity index (χ4n) is 5.96. The Balaban J connectivity index is 1.63. The van der Waals surface area contributed by atoms with Crippen LogP contribution in [-0.2, 0) is 24.2 Å². The third-order valence-corrected chi connectivity index (χ3v) is 13.4. The molecule has 1 N–H and O–H groups in total. The second-order valence-electron chi connectivity index (χ2n) is 14.6. The number of ether oxygens (including phenoxy) is 2. The smallest absolute Gasteiger partial charge is 0.410 e. The highest BCUT2D eigenvalue weighted by molar-refractivity contribution is 6.99. The molecule has 0 spiro atoms. The number of aromatic nitrogens is 1. The van der Waals surface area contributed by atoms with Crippen LogP contribution in [0, 0.1) is 18.6 Å². The minimum atomic E-state index is -2.95. The molecule has 1 aliphatic rings. The largest absolute Gasteiger partial charge is 0.444 e. The van der Waals surface area contributed by atoms with Crippen LogP contribution in [0.15, 0.2) is 66.9 Å². The number of benzene rings is 2. The average Bonchev–Trinajstić information content (AvgIpc) is 2.99. The number of rotatable bonds is 8. The van der Waals surface area contributed by atoms with Crippen LogP contribution < -0.4 is 15.7 Å². The van der Waals surface area contributed by atoms with Gasteiger partial charge in [-0.1, -0.05) is 81.4 Å². The molecule has 1 saturated heterocycles. The number of hydrogen-bond donors (Lipinski definition) is 1. The van der Waals surface area contributed by atoms with Gasteiger partial charge in [0, 0.05) is 5.56 Å². The van der Waals surface area contributed by atoms with E-state index in [2.05, 4.69) is 55.3 Å². The first-order valence-electron chi connectivity index (χ1n) is 15.9. The van der Waals surface area contributed by atoms with Gasteiger partial charge in [0.2, 0.25) is 0 Å². The van der Waals surface area contributed by atoms with Crippen molar-refractivity contribution in [3.63, 3.8) is 0 Å². The van der Waals surface area contributed by atoms with Crippen molar-refractivity contribution in [3.05, 3.63) is 89.8 Å². The summed E-state index contributed by atoms with van der Waals surface area (Å²) in [6.07, 6.45) is -0.759. The molecule has 47 heavy (non-hydrogen) atoms. The molecule has 0 saturated carbocycles. The zero-order valence-electron chi connectivity index (χ0n) is 28.8. The van der Waals surface area contributed by atoms with Crippen LogP contribution in [0.1, 0.15) is 66.6 Å². The van der Waals surface area contributed by atoms with Crippen molar-refractivity contribution in [2.45, 2.75) is 90.6 Å². The van der Waals surface area contributed by atoms with Gasteiger partial charge in [-0.15, -0.1) is 0 Å². The van der Waals surface area contributed by atoms with Crippen LogP contribution in [0.25, 0.3) is 0 Å². The van der Waals surface area contributed by atoms with Crippen molar-refractivity contribution in [2.75, 3.05) is 19.8 Å². The molecule has 2 atom stereocenters. The minimum Gasteiger partial charge on any atom is -0.444 e. The van der Waals surface area contributed by atoms with Crippen LogP contribution in [-0.4, -0.2) is 67.7 Å². The first-order chi connectivity index (χ1) is 21.9. The van der Waals surface area contributed by atoms with E-state index < -0.39 is 55.2 Å². The Kier molecular flexibility index (Phi) is 10.6. The third-order valence-electron chi connectivity index (χ3n) is 8.35. The van der Waals surface area contributed by atoms with E-state index >= 15 is 0 Å². The predicted molar refractivity (Wildman–Crippen MR) is 180 cm³/mol. The number of nitrogens with zero attached hydrogens (tertiary/aromatic N) is 2. The Bertz CT molecular complexity index is 1520. The van der Waals surface area contributed by atoms with Crippen LogP contribution in [0.2, 0.25) is 5.04 Å². The molecule has 4 rings (SSSR count). The van der Waals surface area contributed by atoms with Crippen molar-refractivity contribution in [3.8, 4) is 0 Å². The molecule has 0 unspecified atom stereocenters. The molecule has 0 aliphatic carbocycles. The molecule has 8 nitrogen and oxygen atoms in total. The summed E-state index contributed by atoms with van der Waals surface area (Å²) in [5.41, 5.74) is -2.39. The van der Waals surface area contributed by atoms with Crippen molar-refractivity contribution in [2.24, 2.45) is 0 Å². The zero-order valence-corrected chi connectivity index (χ0v) is 29.8. The van der Waals surface area contributed by atoms with Crippen LogP contribution in [0.5, 0.6) is 0 Å². The molecule has 0 radical (unpaired) electrons. The number of pyridine rings is 1. The summed E-state index contributed by atoms with van der Waals surface area (Å²) in [4.78, 5) is 32.6. The Labute approximate surface area is 278 Å². The van der Waals surface area contributed by atoms with Crippen molar-refractivity contribution in [1.82, 2.24) is 15.2 Å². The van der Waals surface area contributed by atoms with E-state index in [1.807, 2.05) is 36.4 Å². The summed E-state index contributed by atoms with van der Waals surface area (Å²) < 4.78 is 47.8. The quantitative estimate of drug-likeness (QED) is 0.315. The molecule has 2 amide bonds. The number of amides is 2. The molecule has 254 valence electrons. The molecule has 2 heterocycles. The summed E-state index contributed by atoms with van der Waals surface area (Å²) in [6.45, 7) is 16.3. The minimum absolute atomic E-state index is 0.00176. The van der Waals surface area contributed by atoms with Gasteiger partial charge in [0.1, 0.15) is 17.1 Å². The van der Waals surface area contributed by atoms with E-state index in [0.29, 0.717) is 0 Å². The number of halogens is 2. The Morgan fingerprint density at radius 1 is 0.957 bits per heavy atom. The van der Waals surface area contributed by atoms with Gasteiger partial charge in [-0.3, -0.25) is 14.7 Å². The summed E-state index contributed by atoms with van der Waals surface area (Å²) in [6, 6.07) is 19.8. The molecule has 2 aromatic carbocycles. The Morgan fingerprint density at radius 3 is 2.02 bits per heavy atom. The summed E-state index contributed by atoms with van der Waals surface area (Å²) in [5, 5.41) is 4.67. The second-order valence-corrected chi connectivity index (χ2v) is 18.9. The van der Waals surface area contributed by atoms with E-state index in [1.165, 1.54) is 11.8 Å². The standard InChI is InChI=1S/C36H47F2N3O5Si/c1-24-28(37)20-39-31(30(24)38)36(8,9)40-32(42)29-21-41(33(43)46-34(2,3)4)25(22-44-29)23-45-47(35(5,6)7,26-16-12-10-13-17-26)27-18-14-11-15-19-27/h10-20,25,29H,21-23H2,1-9H3,(H,40,42)/t25-,29-/m0/s1. The number of carbonyl (C=O) groups is 2. The molecule has 1 aromatic heterocycles. The van der Waals surface area contributed by atoms with Gasteiger partial charge in [0.05, 0.1) is 37.5 Å². The van der Waals surface area contributed by atoms with Gasteiger partial charge in [0.25, 0.3) is 14.2 Å². The van der Waals surface area contributed by atoms with Crippen molar-refractivity contribution >= 4 is 30.7 Å². The SMILES string of the molecule is Cc1c(F)cnc(C(C)(C)NC(=O)[C@@H]2CN(C(=O)OC(C)(C)C)[C@H](CO[Si](c3ccccc3)(c3ccccc3)C(C)(C)C)CO2)c1F. The van der Waals surface area contributed by atoms with Gasteiger partial charge in [0.15, 0.2) is 11.9 Å². The first-order valence-corrected chi connectivity index (χ1v) is 17.8. The maximum Gasteiger partial charge on any atom is 0.410 e. The van der Waals surface area contributed by atoms with Gasteiger partial charge < -0.3 is 19.2 Å². The highest BCUT2D eigenvalue weighted by Crippen LogP contribution is 2.37. The zero-order chi connectivity index (χ0) is 34.8. The normalized spacial score (nSPS) is 17.7. The highest BCUT2D eigenvalue weighted by atomic mass is 28.4. The molecule has 0 bridgehead atoms. The highest BCUT2D eigenvalue weighted by Gasteiger charge is 2.51. The number of morpholine rings is 1. The van der Waals surface area contributed by atoms with Gasteiger partial charge in [-0.2, -0.15) is 0 Å². The Morgan fingerprint density at radius 2 is 1.51 bits per heavy atom. The lowest BCUT2D eigenvalue weighted by molar-refractivity contribution is -0.144. The van der Waals surface area contributed by atoms with Gasteiger partial charge in [-0.05, 0) is 57.0 Å². The number of nitrogens with one attached hydrogen (secondary N) is 1. The van der Waals surface area contributed by atoms with Crippen LogP contribution in [0.3, 0.4) is 0 Å². The van der Waals surface area contributed by atoms with E-state index in [-0.39, 0.29) is 36.1 Å². The lowest BCUT2D eigenvalue weighted by Crippen LogP contribution is -2.68. The van der Waals surface area contributed by atoms with E-state index in [9.17, 15) is 18.4 Å². The maximum absolute atomic E-state index is 15.0. The lowest BCUT2D eigenvalue weighted by Gasteiger charge is -2.46. The molecule has 3 aromatic rings. The molecular weight excluding hydrogens is 620 g/mol. The third kappa shape index (κ3) is 7.90. The molecular formula is C36H47F2N3O5Si. The number of carbonyl (C=O) groups excluding carboxylic acids is 2. The summed E-state index contributed by atoms with van der Waals surface area (Å²) in [7, 11) is -2.95. The fraction of sp³-hybridized carbons (Fsp3) is 0.472.